The maximum Gasteiger partial charge on any atom is 0.317 e. The smallest absolute Gasteiger partial charge is 0.317 e. The van der Waals surface area contributed by atoms with Crippen molar-refractivity contribution in [3.8, 4) is 0 Å². The summed E-state index contributed by atoms with van der Waals surface area (Å²) in [7, 11) is 5.53. The molecule has 1 atom stereocenters. The molecule has 0 spiro atoms. The van der Waals surface area contributed by atoms with Gasteiger partial charge in [-0.2, -0.15) is 0 Å². The van der Waals surface area contributed by atoms with Crippen molar-refractivity contribution < 1.29 is 28.8 Å². The molecule has 0 saturated heterocycles. The first-order valence-electron chi connectivity index (χ1n) is 4.91. The van der Waals surface area contributed by atoms with E-state index in [9.17, 15) is 9.90 Å². The third-order valence-corrected chi connectivity index (χ3v) is 2.66. The fraction of sp³-hybridized carbons (Fsp3) is 0.900. The summed E-state index contributed by atoms with van der Waals surface area (Å²) < 4.78 is 20.3. The van der Waals surface area contributed by atoms with E-state index >= 15 is 0 Å². The Kier molecular flexibility index (Phi) is 6.51. The van der Waals surface area contributed by atoms with Crippen LogP contribution >= 0.6 is 0 Å². The molecule has 6 heteroatoms. The topological polar surface area (TPSA) is 74.2 Å². The van der Waals surface area contributed by atoms with E-state index in [1.807, 2.05) is 0 Å². The molecule has 0 heterocycles. The number of carbonyl (C=O) groups is 1. The van der Waals surface area contributed by atoms with Gasteiger partial charge in [0.2, 0.25) is 0 Å². The minimum atomic E-state index is -1.26. The van der Waals surface area contributed by atoms with Crippen molar-refractivity contribution in [2.75, 3.05) is 28.4 Å². The SMILES string of the molecule is CCC(OC)(OC)C(C(=O)O)C(OC)OC. The third kappa shape index (κ3) is 2.91. The van der Waals surface area contributed by atoms with Crippen molar-refractivity contribution in [1.29, 1.82) is 0 Å². The van der Waals surface area contributed by atoms with Crippen LogP contribution in [-0.2, 0) is 23.7 Å². The van der Waals surface area contributed by atoms with Crippen LogP contribution in [-0.4, -0.2) is 51.6 Å². The summed E-state index contributed by atoms with van der Waals surface area (Å²) >= 11 is 0. The van der Waals surface area contributed by atoms with Gasteiger partial charge in [-0.05, 0) is 6.42 Å². The number of methoxy groups -OCH3 is 4. The van der Waals surface area contributed by atoms with Crippen molar-refractivity contribution in [1.82, 2.24) is 0 Å². The van der Waals surface area contributed by atoms with Crippen molar-refractivity contribution >= 4 is 5.97 Å². The van der Waals surface area contributed by atoms with E-state index in [0.29, 0.717) is 6.42 Å². The summed E-state index contributed by atoms with van der Waals surface area (Å²) in [6, 6.07) is 0. The fourth-order valence-electron chi connectivity index (χ4n) is 1.73. The van der Waals surface area contributed by atoms with Crippen molar-refractivity contribution in [3.63, 3.8) is 0 Å². The second-order valence-electron chi connectivity index (χ2n) is 3.23. The predicted molar refractivity (Wildman–Crippen MR) is 56.0 cm³/mol. The highest BCUT2D eigenvalue weighted by Crippen LogP contribution is 2.31. The molecule has 1 unspecified atom stereocenters. The lowest BCUT2D eigenvalue weighted by molar-refractivity contribution is -0.287. The average molecular weight is 236 g/mol. The maximum atomic E-state index is 11.3. The quantitative estimate of drug-likeness (QED) is 0.625. The Bertz CT molecular complexity index is 201. The maximum absolute atomic E-state index is 11.3. The summed E-state index contributed by atoms with van der Waals surface area (Å²) in [5, 5.41) is 9.21. The second-order valence-corrected chi connectivity index (χ2v) is 3.23. The van der Waals surface area contributed by atoms with Gasteiger partial charge in [-0.25, -0.2) is 0 Å². The van der Waals surface area contributed by atoms with E-state index in [0.717, 1.165) is 0 Å². The number of rotatable bonds is 8. The molecular formula is C10H20O6. The lowest BCUT2D eigenvalue weighted by atomic mass is 9.95. The minimum absolute atomic E-state index is 0.361. The molecule has 0 aromatic carbocycles. The lowest BCUT2D eigenvalue weighted by Gasteiger charge is -2.37. The molecule has 0 amide bonds. The average Bonchev–Trinajstić information content (AvgIpc) is 2.30. The van der Waals surface area contributed by atoms with Gasteiger partial charge in [0.25, 0.3) is 0 Å². The van der Waals surface area contributed by atoms with E-state index < -0.39 is 24.0 Å². The Morgan fingerprint density at radius 2 is 1.62 bits per heavy atom. The summed E-state index contributed by atoms with van der Waals surface area (Å²) in [5.41, 5.74) is 0. The van der Waals surface area contributed by atoms with Crippen LogP contribution in [0.1, 0.15) is 13.3 Å². The van der Waals surface area contributed by atoms with E-state index in [1.54, 1.807) is 6.92 Å². The van der Waals surface area contributed by atoms with Crippen molar-refractivity contribution in [3.05, 3.63) is 0 Å². The molecular weight excluding hydrogens is 216 g/mol. The summed E-state index contributed by atoms with van der Waals surface area (Å²) in [6.07, 6.45) is -0.572. The number of ether oxygens (including phenoxy) is 4. The van der Waals surface area contributed by atoms with Crippen LogP contribution in [0, 0.1) is 5.92 Å². The Morgan fingerprint density at radius 3 is 1.81 bits per heavy atom. The Labute approximate surface area is 95.4 Å². The van der Waals surface area contributed by atoms with Crippen molar-refractivity contribution in [2.24, 2.45) is 5.92 Å². The van der Waals surface area contributed by atoms with Crippen LogP contribution < -0.4 is 0 Å². The molecule has 0 rings (SSSR count). The van der Waals surface area contributed by atoms with Crippen LogP contribution in [0.25, 0.3) is 0 Å². The van der Waals surface area contributed by atoms with Crippen LogP contribution in [0.2, 0.25) is 0 Å². The van der Waals surface area contributed by atoms with Gasteiger partial charge >= 0.3 is 5.97 Å². The van der Waals surface area contributed by atoms with Crippen LogP contribution in [0.4, 0.5) is 0 Å². The lowest BCUT2D eigenvalue weighted by Crippen LogP contribution is -2.52. The molecule has 0 bridgehead atoms. The van der Waals surface area contributed by atoms with Gasteiger partial charge in [0, 0.05) is 28.4 Å². The fourth-order valence-corrected chi connectivity index (χ4v) is 1.73. The Hall–Kier alpha value is -0.690. The molecule has 0 fully saturated rings. The molecule has 0 aliphatic rings. The largest absolute Gasteiger partial charge is 0.481 e. The van der Waals surface area contributed by atoms with Gasteiger partial charge < -0.3 is 24.1 Å². The summed E-state index contributed by atoms with van der Waals surface area (Å²) in [5.74, 6) is -3.43. The van der Waals surface area contributed by atoms with Gasteiger partial charge in [0.1, 0.15) is 0 Å². The Morgan fingerprint density at radius 1 is 1.19 bits per heavy atom. The van der Waals surface area contributed by atoms with Gasteiger partial charge in [0.05, 0.1) is 0 Å². The molecule has 0 radical (unpaired) electrons. The molecule has 6 nitrogen and oxygen atoms in total. The standard InChI is InChI=1S/C10H20O6/c1-6-10(15-4,16-5)7(8(11)12)9(13-2)14-3/h7,9H,6H2,1-5H3,(H,11,12). The highest BCUT2D eigenvalue weighted by molar-refractivity contribution is 5.71. The first kappa shape index (κ1) is 15.3. The van der Waals surface area contributed by atoms with Gasteiger partial charge in [-0.3, -0.25) is 4.79 Å². The van der Waals surface area contributed by atoms with E-state index in [1.165, 1.54) is 28.4 Å². The van der Waals surface area contributed by atoms with Crippen LogP contribution in [0.5, 0.6) is 0 Å². The molecule has 0 aromatic rings. The van der Waals surface area contributed by atoms with Crippen LogP contribution in [0.3, 0.4) is 0 Å². The second kappa shape index (κ2) is 6.80. The first-order valence-corrected chi connectivity index (χ1v) is 4.91. The minimum Gasteiger partial charge on any atom is -0.481 e. The van der Waals surface area contributed by atoms with E-state index in [4.69, 9.17) is 18.9 Å². The Balaban J connectivity index is 5.21. The highest BCUT2D eigenvalue weighted by atomic mass is 16.7. The number of carboxylic acids is 1. The normalized spacial score (nSPS) is 14.1. The molecule has 96 valence electrons. The number of aliphatic carboxylic acids is 1. The number of carboxylic acid groups (broad SMARTS) is 1. The van der Waals surface area contributed by atoms with Gasteiger partial charge in [-0.15, -0.1) is 0 Å². The molecule has 0 aromatic heterocycles. The zero-order valence-corrected chi connectivity index (χ0v) is 10.4. The first-order chi connectivity index (χ1) is 7.52. The summed E-state index contributed by atoms with van der Waals surface area (Å²) in [4.78, 5) is 11.3. The number of hydrogen-bond donors (Lipinski definition) is 1. The molecule has 0 aliphatic carbocycles. The predicted octanol–water partition coefficient (Wildman–Crippen LogP) is 0.705. The third-order valence-electron chi connectivity index (χ3n) is 2.66. The van der Waals surface area contributed by atoms with Crippen molar-refractivity contribution in [2.45, 2.75) is 25.4 Å². The van der Waals surface area contributed by atoms with E-state index in [-0.39, 0.29) is 0 Å². The summed E-state index contributed by atoms with van der Waals surface area (Å²) in [6.45, 7) is 1.77. The highest BCUT2D eigenvalue weighted by Gasteiger charge is 2.48. The van der Waals surface area contributed by atoms with Crippen LogP contribution in [0.15, 0.2) is 0 Å². The zero-order chi connectivity index (χ0) is 12.8. The number of hydrogen-bond acceptors (Lipinski definition) is 5. The molecule has 0 saturated carbocycles. The van der Waals surface area contributed by atoms with E-state index in [2.05, 4.69) is 0 Å². The monoisotopic (exact) mass is 236 g/mol. The molecule has 16 heavy (non-hydrogen) atoms. The molecule has 1 N–H and O–H groups in total. The van der Waals surface area contributed by atoms with Gasteiger partial charge in [0.15, 0.2) is 18.0 Å². The van der Waals surface area contributed by atoms with Gasteiger partial charge in [-0.1, -0.05) is 6.92 Å². The zero-order valence-electron chi connectivity index (χ0n) is 10.4. The molecule has 0 aliphatic heterocycles.